The quantitative estimate of drug-likeness (QED) is 0.886. The maximum Gasteiger partial charge on any atom is 0.259 e. The molecule has 18 heavy (non-hydrogen) atoms. The molecule has 96 valence electrons. The molecule has 1 heterocycles. The lowest BCUT2D eigenvalue weighted by atomic mass is 10.00. The van der Waals surface area contributed by atoms with Crippen LogP contribution in [-0.2, 0) is 0 Å². The molecule has 0 saturated heterocycles. The summed E-state index contributed by atoms with van der Waals surface area (Å²) in [4.78, 5) is 13.8. The van der Waals surface area contributed by atoms with Crippen molar-refractivity contribution in [2.75, 3.05) is 6.54 Å². The Hall–Kier alpha value is -1.61. The van der Waals surface area contributed by atoms with E-state index in [9.17, 15) is 9.90 Å². The minimum absolute atomic E-state index is 0.0630. The molecule has 1 aliphatic rings. The second-order valence-corrected chi connectivity index (χ2v) is 5.13. The first-order chi connectivity index (χ1) is 8.46. The third kappa shape index (κ3) is 2.18. The molecule has 0 aromatic heterocycles. The normalized spacial score (nSPS) is 17.8. The molecule has 3 heteroatoms. The smallest absolute Gasteiger partial charge is 0.259 e. The molecule has 0 fully saturated rings. The third-order valence-corrected chi connectivity index (χ3v) is 3.33. The van der Waals surface area contributed by atoms with Crippen molar-refractivity contribution in [3.63, 3.8) is 0 Å². The molecular weight excluding hydrogens is 226 g/mol. The predicted molar refractivity (Wildman–Crippen MR) is 72.0 cm³/mol. The number of hydrogen-bond acceptors (Lipinski definition) is 2. The van der Waals surface area contributed by atoms with Crippen LogP contribution in [0.15, 0.2) is 30.8 Å². The molecule has 1 aliphatic heterocycles. The zero-order chi connectivity index (χ0) is 13.3. The van der Waals surface area contributed by atoms with Gasteiger partial charge in [-0.25, -0.2) is 0 Å². The van der Waals surface area contributed by atoms with Gasteiger partial charge in [0, 0.05) is 16.8 Å². The summed E-state index contributed by atoms with van der Waals surface area (Å²) in [7, 11) is 0. The summed E-state index contributed by atoms with van der Waals surface area (Å²) in [6.45, 7) is 8.05. The Morgan fingerprint density at radius 3 is 2.50 bits per heavy atom. The van der Waals surface area contributed by atoms with Gasteiger partial charge in [0.2, 0.25) is 0 Å². The maximum absolute atomic E-state index is 12.2. The lowest BCUT2D eigenvalue weighted by molar-refractivity contribution is 0.0255. The molecule has 0 spiro atoms. The fourth-order valence-corrected chi connectivity index (χ4v) is 2.46. The second-order valence-electron chi connectivity index (χ2n) is 5.13. The first-order valence-electron chi connectivity index (χ1n) is 6.29. The zero-order valence-corrected chi connectivity index (χ0v) is 10.9. The number of β-amino-alcohol motifs (C(OH)–C–C–N with tert-alkyl or cyclic N) is 1. The molecule has 1 N–H and O–H groups in total. The fourth-order valence-electron chi connectivity index (χ4n) is 2.46. The Balaban J connectivity index is 2.24. The summed E-state index contributed by atoms with van der Waals surface area (Å²) in [5.41, 5.74) is 1.37. The van der Waals surface area contributed by atoms with E-state index < -0.39 is 5.60 Å². The van der Waals surface area contributed by atoms with Crippen LogP contribution in [0.3, 0.4) is 0 Å². The summed E-state index contributed by atoms with van der Waals surface area (Å²) in [6.07, 6.45) is 1.55. The lowest BCUT2D eigenvalue weighted by Crippen LogP contribution is -2.40. The van der Waals surface area contributed by atoms with E-state index in [2.05, 4.69) is 6.58 Å². The summed E-state index contributed by atoms with van der Waals surface area (Å²) in [5.74, 6) is -0.0630. The molecule has 1 aromatic carbocycles. The minimum atomic E-state index is -0.866. The first kappa shape index (κ1) is 12.8. The van der Waals surface area contributed by atoms with Gasteiger partial charge in [0.15, 0.2) is 0 Å². The molecule has 1 unspecified atom stereocenters. The van der Waals surface area contributed by atoms with E-state index in [-0.39, 0.29) is 5.91 Å². The molecule has 0 radical (unpaired) electrons. The molecule has 2 rings (SSSR count). The number of rotatable bonds is 4. The maximum atomic E-state index is 12.2. The Labute approximate surface area is 108 Å². The van der Waals surface area contributed by atoms with Crippen LogP contribution in [0.25, 0.3) is 5.70 Å². The van der Waals surface area contributed by atoms with Crippen LogP contribution >= 0.6 is 0 Å². The largest absolute Gasteiger partial charge is 0.388 e. The second kappa shape index (κ2) is 4.58. The van der Waals surface area contributed by atoms with Gasteiger partial charge >= 0.3 is 0 Å². The molecule has 1 amide bonds. The van der Waals surface area contributed by atoms with Gasteiger partial charge in [0.05, 0.1) is 12.1 Å². The summed E-state index contributed by atoms with van der Waals surface area (Å²) >= 11 is 0. The van der Waals surface area contributed by atoms with Crippen molar-refractivity contribution in [3.05, 3.63) is 42.0 Å². The van der Waals surface area contributed by atoms with Crippen molar-refractivity contribution >= 4 is 11.6 Å². The topological polar surface area (TPSA) is 40.5 Å². The highest BCUT2D eigenvalue weighted by Gasteiger charge is 2.34. The summed E-state index contributed by atoms with van der Waals surface area (Å²) in [6, 6.07) is 7.43. The summed E-state index contributed by atoms with van der Waals surface area (Å²) in [5, 5.41) is 10.3. The van der Waals surface area contributed by atoms with E-state index in [0.29, 0.717) is 24.2 Å². The van der Waals surface area contributed by atoms with Crippen LogP contribution in [0.4, 0.5) is 0 Å². The van der Waals surface area contributed by atoms with Crippen LogP contribution in [0, 0.1) is 0 Å². The van der Waals surface area contributed by atoms with Crippen molar-refractivity contribution in [3.8, 4) is 0 Å². The molecule has 1 atom stereocenters. The number of nitrogens with zero attached hydrogens (tertiary/aromatic N) is 1. The van der Waals surface area contributed by atoms with Gasteiger partial charge in [0.1, 0.15) is 0 Å². The molecule has 0 bridgehead atoms. The van der Waals surface area contributed by atoms with E-state index in [1.54, 1.807) is 17.9 Å². The van der Waals surface area contributed by atoms with Crippen molar-refractivity contribution in [2.24, 2.45) is 0 Å². The van der Waals surface area contributed by atoms with Crippen LogP contribution in [0.2, 0.25) is 0 Å². The number of aliphatic hydroxyl groups is 1. The number of hydrogen-bond donors (Lipinski definition) is 1. The highest BCUT2D eigenvalue weighted by atomic mass is 16.3. The monoisotopic (exact) mass is 245 g/mol. The first-order valence-corrected chi connectivity index (χ1v) is 6.29. The van der Waals surface area contributed by atoms with Gasteiger partial charge in [-0.15, -0.1) is 0 Å². The van der Waals surface area contributed by atoms with Gasteiger partial charge < -0.3 is 10.0 Å². The van der Waals surface area contributed by atoms with E-state index in [1.165, 1.54) is 0 Å². The number of amides is 1. The predicted octanol–water partition coefficient (Wildman–Crippen LogP) is 2.66. The van der Waals surface area contributed by atoms with Gasteiger partial charge in [-0.05, 0) is 19.4 Å². The SMILES string of the molecule is C=C1c2ccccc2C(=O)N1CC(C)(O)CCC. The van der Waals surface area contributed by atoms with E-state index >= 15 is 0 Å². The Morgan fingerprint density at radius 2 is 1.94 bits per heavy atom. The number of fused-ring (bicyclic) bond motifs is 1. The van der Waals surface area contributed by atoms with Crippen molar-refractivity contribution in [1.29, 1.82) is 0 Å². The van der Waals surface area contributed by atoms with Gasteiger partial charge in [0.25, 0.3) is 5.91 Å². The highest BCUT2D eigenvalue weighted by Crippen LogP contribution is 2.32. The van der Waals surface area contributed by atoms with Gasteiger partial charge in [-0.1, -0.05) is 38.1 Å². The van der Waals surface area contributed by atoms with E-state index in [4.69, 9.17) is 0 Å². The summed E-state index contributed by atoms with van der Waals surface area (Å²) < 4.78 is 0. The standard InChI is InChI=1S/C15H19NO2/c1-4-9-15(3,18)10-16-11(2)12-7-5-6-8-13(12)14(16)17/h5-8,18H,2,4,9-10H2,1,3H3. The average molecular weight is 245 g/mol. The average Bonchev–Trinajstić information content (AvgIpc) is 2.55. The van der Waals surface area contributed by atoms with Crippen molar-refractivity contribution in [1.82, 2.24) is 4.90 Å². The van der Waals surface area contributed by atoms with E-state index in [0.717, 1.165) is 12.0 Å². The van der Waals surface area contributed by atoms with Crippen LogP contribution in [-0.4, -0.2) is 28.1 Å². The van der Waals surface area contributed by atoms with Crippen LogP contribution in [0.1, 0.15) is 42.6 Å². The number of carbonyl (C=O) groups excluding carboxylic acids is 1. The highest BCUT2D eigenvalue weighted by molar-refractivity contribution is 6.08. The Bertz CT molecular complexity index is 456. The van der Waals surface area contributed by atoms with Gasteiger partial charge in [-0.3, -0.25) is 4.79 Å². The molecule has 0 aliphatic carbocycles. The molecule has 3 nitrogen and oxygen atoms in total. The number of benzene rings is 1. The third-order valence-electron chi connectivity index (χ3n) is 3.33. The van der Waals surface area contributed by atoms with Crippen LogP contribution in [0.5, 0.6) is 0 Å². The van der Waals surface area contributed by atoms with E-state index in [1.807, 2.05) is 25.1 Å². The van der Waals surface area contributed by atoms with Crippen molar-refractivity contribution < 1.29 is 9.90 Å². The molecule has 0 saturated carbocycles. The van der Waals surface area contributed by atoms with Crippen LogP contribution < -0.4 is 0 Å². The zero-order valence-electron chi connectivity index (χ0n) is 10.9. The molecular formula is C15H19NO2. The molecule has 1 aromatic rings. The lowest BCUT2D eigenvalue weighted by Gasteiger charge is -2.29. The van der Waals surface area contributed by atoms with Crippen molar-refractivity contribution in [2.45, 2.75) is 32.3 Å². The fraction of sp³-hybridized carbons (Fsp3) is 0.400. The van der Waals surface area contributed by atoms with Gasteiger partial charge in [-0.2, -0.15) is 0 Å². The Kier molecular flexibility index (Phi) is 3.26. The number of carbonyl (C=O) groups is 1. The minimum Gasteiger partial charge on any atom is -0.388 e. The Morgan fingerprint density at radius 1 is 1.33 bits per heavy atom.